The quantitative estimate of drug-likeness (QED) is 0.443. The van der Waals surface area contributed by atoms with Gasteiger partial charge in [0.2, 0.25) is 5.91 Å². The molecular weight excluding hydrogens is 440 g/mol. The molecule has 3 rings (SSSR count). The number of nitrogens with one attached hydrogen (secondary N) is 2. The van der Waals surface area contributed by atoms with Crippen LogP contribution in [-0.2, 0) is 20.9 Å². The van der Waals surface area contributed by atoms with Crippen molar-refractivity contribution in [3.8, 4) is 11.5 Å². The number of hydrogen-bond donors (Lipinski definition) is 3. The molecule has 1 fully saturated rings. The number of rotatable bonds is 10. The fraction of sp³-hybridized carbons (Fsp3) is 0.417. The molecule has 10 heteroatoms. The fourth-order valence-corrected chi connectivity index (χ4v) is 3.68. The van der Waals surface area contributed by atoms with Crippen molar-refractivity contribution in [1.82, 2.24) is 20.5 Å². The molecule has 0 saturated carbocycles. The number of pyridine rings is 1. The molecule has 0 radical (unpaired) electrons. The SMILES string of the molecule is COc1cccc(OCC(=O)NC[C@@H]2CC[C@H](CC(=O)NCc3ccccn3)N2C)c1.O=CO. The van der Waals surface area contributed by atoms with Gasteiger partial charge in [0.05, 0.1) is 19.3 Å². The molecule has 184 valence electrons. The van der Waals surface area contributed by atoms with Gasteiger partial charge in [0.25, 0.3) is 12.4 Å². The number of likely N-dealkylation sites (N-methyl/N-ethyl adjacent to an activating group) is 1. The maximum Gasteiger partial charge on any atom is 0.290 e. The third-order valence-electron chi connectivity index (χ3n) is 5.54. The van der Waals surface area contributed by atoms with Crippen LogP contribution in [0.2, 0.25) is 0 Å². The minimum Gasteiger partial charge on any atom is -0.497 e. The van der Waals surface area contributed by atoms with Gasteiger partial charge < -0.3 is 25.2 Å². The summed E-state index contributed by atoms with van der Waals surface area (Å²) in [5.74, 6) is 1.11. The van der Waals surface area contributed by atoms with Crippen LogP contribution in [0.25, 0.3) is 0 Å². The van der Waals surface area contributed by atoms with E-state index in [-0.39, 0.29) is 37.0 Å². The second-order valence-electron chi connectivity index (χ2n) is 7.73. The minimum absolute atomic E-state index is 0.0128. The van der Waals surface area contributed by atoms with Crippen molar-refractivity contribution in [2.75, 3.05) is 27.3 Å². The van der Waals surface area contributed by atoms with Crippen LogP contribution in [-0.4, -0.2) is 72.7 Å². The van der Waals surface area contributed by atoms with Crippen LogP contribution in [0.4, 0.5) is 0 Å². The molecule has 2 heterocycles. The number of carboxylic acid groups (broad SMARTS) is 1. The van der Waals surface area contributed by atoms with Gasteiger partial charge in [0.15, 0.2) is 6.61 Å². The van der Waals surface area contributed by atoms with Gasteiger partial charge in [-0.1, -0.05) is 12.1 Å². The van der Waals surface area contributed by atoms with Crippen LogP contribution in [0.15, 0.2) is 48.7 Å². The third-order valence-corrected chi connectivity index (χ3v) is 5.54. The Kier molecular flexibility index (Phi) is 11.3. The van der Waals surface area contributed by atoms with Gasteiger partial charge in [-0.25, -0.2) is 0 Å². The molecule has 0 aliphatic carbocycles. The second kappa shape index (κ2) is 14.5. The van der Waals surface area contributed by atoms with Crippen LogP contribution in [0.5, 0.6) is 11.5 Å². The standard InChI is InChI=1S/C23H30N4O4.CH2O2/c1-27-18(12-22(28)25-14-17-6-3-4-11-24-17)9-10-19(27)15-26-23(29)16-31-21-8-5-7-20(13-21)30-2;2-1-3/h3-8,11,13,18-19H,9-10,12,14-16H2,1-2H3,(H,25,28)(H,26,29);1H,(H,2,3)/t18-,19+;/m1./s1. The summed E-state index contributed by atoms with van der Waals surface area (Å²) < 4.78 is 10.7. The molecule has 3 N–H and O–H groups in total. The van der Waals surface area contributed by atoms with Crippen LogP contribution in [0, 0.1) is 0 Å². The predicted octanol–water partition coefficient (Wildman–Crippen LogP) is 1.46. The number of likely N-dealkylation sites (tertiary alicyclic amines) is 1. The van der Waals surface area contributed by atoms with E-state index in [0.29, 0.717) is 31.0 Å². The van der Waals surface area contributed by atoms with Gasteiger partial charge >= 0.3 is 0 Å². The molecule has 10 nitrogen and oxygen atoms in total. The molecular formula is C24H32N4O6. The smallest absolute Gasteiger partial charge is 0.290 e. The Morgan fingerprint density at radius 1 is 1.12 bits per heavy atom. The van der Waals surface area contributed by atoms with E-state index >= 15 is 0 Å². The average molecular weight is 473 g/mol. The average Bonchev–Trinajstić information content (AvgIpc) is 3.20. The summed E-state index contributed by atoms with van der Waals surface area (Å²) in [6.45, 7) is 0.661. The largest absolute Gasteiger partial charge is 0.497 e. The van der Waals surface area contributed by atoms with E-state index in [0.717, 1.165) is 18.5 Å². The van der Waals surface area contributed by atoms with E-state index in [4.69, 9.17) is 19.4 Å². The summed E-state index contributed by atoms with van der Waals surface area (Å²) in [6.07, 6.45) is 4.01. The first-order valence-electron chi connectivity index (χ1n) is 11.0. The highest BCUT2D eigenvalue weighted by Gasteiger charge is 2.31. The molecule has 34 heavy (non-hydrogen) atoms. The van der Waals surface area contributed by atoms with Gasteiger partial charge in [0.1, 0.15) is 11.5 Å². The summed E-state index contributed by atoms with van der Waals surface area (Å²) in [7, 11) is 3.59. The first-order valence-corrected chi connectivity index (χ1v) is 11.0. The van der Waals surface area contributed by atoms with Crippen molar-refractivity contribution in [1.29, 1.82) is 0 Å². The molecule has 0 bridgehead atoms. The number of aromatic nitrogens is 1. The van der Waals surface area contributed by atoms with Crippen LogP contribution < -0.4 is 20.1 Å². The number of benzene rings is 1. The van der Waals surface area contributed by atoms with E-state index in [2.05, 4.69) is 20.5 Å². The summed E-state index contributed by atoms with van der Waals surface area (Å²) in [4.78, 5) is 39.2. The highest BCUT2D eigenvalue weighted by atomic mass is 16.5. The molecule has 0 spiro atoms. The van der Waals surface area contributed by atoms with E-state index in [9.17, 15) is 9.59 Å². The lowest BCUT2D eigenvalue weighted by atomic mass is 10.1. The number of amides is 2. The number of ether oxygens (including phenoxy) is 2. The minimum atomic E-state index is -0.250. The van der Waals surface area contributed by atoms with E-state index in [1.54, 1.807) is 25.4 Å². The van der Waals surface area contributed by atoms with Crippen molar-refractivity contribution in [2.45, 2.75) is 37.9 Å². The zero-order chi connectivity index (χ0) is 24.8. The first-order chi connectivity index (χ1) is 16.5. The predicted molar refractivity (Wildman–Crippen MR) is 125 cm³/mol. The summed E-state index contributed by atoms with van der Waals surface area (Å²) in [6, 6.07) is 13.2. The van der Waals surface area contributed by atoms with Gasteiger partial charge in [-0.2, -0.15) is 0 Å². The van der Waals surface area contributed by atoms with E-state index < -0.39 is 0 Å². The van der Waals surface area contributed by atoms with Gasteiger partial charge in [-0.05, 0) is 44.2 Å². The molecule has 1 aliphatic rings. The zero-order valence-corrected chi connectivity index (χ0v) is 19.5. The summed E-state index contributed by atoms with van der Waals surface area (Å²) in [5, 5.41) is 12.7. The first kappa shape index (κ1) is 26.6. The number of nitrogens with zero attached hydrogens (tertiary/aromatic N) is 2. The lowest BCUT2D eigenvalue weighted by molar-refractivity contribution is -0.124. The molecule has 1 aliphatic heterocycles. The van der Waals surface area contributed by atoms with Crippen molar-refractivity contribution in [3.63, 3.8) is 0 Å². The Bertz CT molecular complexity index is 911. The normalized spacial score (nSPS) is 17.1. The van der Waals surface area contributed by atoms with Crippen molar-refractivity contribution < 1.29 is 29.0 Å². The van der Waals surface area contributed by atoms with E-state index in [1.165, 1.54) is 0 Å². The fourth-order valence-electron chi connectivity index (χ4n) is 3.68. The molecule has 0 unspecified atom stereocenters. The van der Waals surface area contributed by atoms with Gasteiger partial charge in [-0.3, -0.25) is 24.3 Å². The van der Waals surface area contributed by atoms with Crippen molar-refractivity contribution >= 4 is 18.3 Å². The third kappa shape index (κ3) is 9.07. The second-order valence-corrected chi connectivity index (χ2v) is 7.73. The number of methoxy groups -OCH3 is 1. The highest BCUT2D eigenvalue weighted by molar-refractivity contribution is 5.77. The summed E-state index contributed by atoms with van der Waals surface area (Å²) >= 11 is 0. The number of carbonyl (C=O) groups is 3. The number of carbonyl (C=O) groups excluding carboxylic acids is 2. The molecule has 1 aromatic carbocycles. The monoisotopic (exact) mass is 472 g/mol. The Hall–Kier alpha value is -3.66. The lowest BCUT2D eigenvalue weighted by Gasteiger charge is -2.25. The molecule has 1 saturated heterocycles. The molecule has 1 aromatic heterocycles. The van der Waals surface area contributed by atoms with Crippen LogP contribution in [0.1, 0.15) is 25.0 Å². The Morgan fingerprint density at radius 3 is 2.56 bits per heavy atom. The maximum atomic E-state index is 12.3. The zero-order valence-electron chi connectivity index (χ0n) is 19.5. The maximum absolute atomic E-state index is 12.3. The molecule has 2 amide bonds. The van der Waals surface area contributed by atoms with Crippen molar-refractivity contribution in [2.24, 2.45) is 0 Å². The molecule has 2 aromatic rings. The van der Waals surface area contributed by atoms with Crippen molar-refractivity contribution in [3.05, 3.63) is 54.4 Å². The Morgan fingerprint density at radius 2 is 1.85 bits per heavy atom. The topological polar surface area (TPSA) is 130 Å². The highest BCUT2D eigenvalue weighted by Crippen LogP contribution is 2.24. The van der Waals surface area contributed by atoms with Gasteiger partial charge in [0, 0.05) is 37.3 Å². The number of hydrogen-bond acceptors (Lipinski definition) is 7. The lowest BCUT2D eigenvalue weighted by Crippen LogP contribution is -2.43. The Balaban J connectivity index is 0.00000129. The van der Waals surface area contributed by atoms with E-state index in [1.807, 2.05) is 37.4 Å². The van der Waals surface area contributed by atoms with Gasteiger partial charge in [-0.15, -0.1) is 0 Å². The Labute approximate surface area is 199 Å². The summed E-state index contributed by atoms with van der Waals surface area (Å²) in [5.41, 5.74) is 0.840. The molecule has 2 atom stereocenters. The van der Waals surface area contributed by atoms with Crippen LogP contribution in [0.3, 0.4) is 0 Å². The van der Waals surface area contributed by atoms with Crippen LogP contribution >= 0.6 is 0 Å².